The highest BCUT2D eigenvalue weighted by atomic mass is 35.5. The van der Waals surface area contributed by atoms with Crippen LogP contribution in [0.25, 0.3) is 0 Å². The topological polar surface area (TPSA) is 68.8 Å². The second kappa shape index (κ2) is 10.9. The van der Waals surface area contributed by atoms with Crippen molar-refractivity contribution in [1.29, 1.82) is 0 Å². The molecular weight excluding hydrogens is 380 g/mol. The largest absolute Gasteiger partial charge is 0.493 e. The van der Waals surface area contributed by atoms with Gasteiger partial charge in [-0.3, -0.25) is 4.79 Å². The normalized spacial score (nSPS) is 18.9. The fourth-order valence-electron chi connectivity index (χ4n) is 4.10. The lowest BCUT2D eigenvalue weighted by molar-refractivity contribution is -0.136. The summed E-state index contributed by atoms with van der Waals surface area (Å²) in [7, 11) is 3.32. The second-order valence-electron chi connectivity index (χ2n) is 7.66. The van der Waals surface area contributed by atoms with Crippen molar-refractivity contribution < 1.29 is 19.0 Å². The fraction of sp³-hybridized carbons (Fsp3) is 0.667. The number of amides is 1. The first-order chi connectivity index (χ1) is 13.2. The zero-order valence-corrected chi connectivity index (χ0v) is 17.7. The maximum Gasteiger partial charge on any atom is 0.228 e. The van der Waals surface area contributed by atoms with E-state index in [4.69, 9.17) is 14.2 Å². The molecule has 1 aliphatic carbocycles. The predicted molar refractivity (Wildman–Crippen MR) is 111 cm³/mol. The molecule has 1 amide bonds. The Kier molecular flexibility index (Phi) is 8.86. The van der Waals surface area contributed by atoms with Crippen molar-refractivity contribution in [3.63, 3.8) is 0 Å². The zero-order chi connectivity index (χ0) is 19.1. The molecule has 3 rings (SSSR count). The summed E-state index contributed by atoms with van der Waals surface area (Å²) in [4.78, 5) is 12.9. The van der Waals surface area contributed by atoms with Crippen molar-refractivity contribution in [3.8, 4) is 11.5 Å². The Bertz CT molecular complexity index is 623. The molecule has 1 saturated carbocycles. The van der Waals surface area contributed by atoms with Crippen molar-refractivity contribution in [2.45, 2.75) is 51.2 Å². The molecule has 1 saturated heterocycles. The summed E-state index contributed by atoms with van der Waals surface area (Å²) in [5, 5.41) is 6.42. The van der Waals surface area contributed by atoms with Crippen LogP contribution in [0.2, 0.25) is 0 Å². The molecule has 158 valence electrons. The monoisotopic (exact) mass is 412 g/mol. The van der Waals surface area contributed by atoms with Gasteiger partial charge in [-0.15, -0.1) is 12.4 Å². The summed E-state index contributed by atoms with van der Waals surface area (Å²) in [5.41, 5.74) is 0.578. The maximum atomic E-state index is 12.9. The highest BCUT2D eigenvalue weighted by Crippen LogP contribution is 2.33. The Morgan fingerprint density at radius 3 is 2.54 bits per heavy atom. The summed E-state index contributed by atoms with van der Waals surface area (Å²) in [5.74, 6) is 1.58. The predicted octanol–water partition coefficient (Wildman–Crippen LogP) is 3.07. The first-order valence-electron chi connectivity index (χ1n) is 9.98. The number of piperidine rings is 1. The lowest BCUT2D eigenvalue weighted by atomic mass is 9.78. The van der Waals surface area contributed by atoms with Crippen molar-refractivity contribution >= 4 is 18.3 Å². The molecule has 2 aliphatic rings. The van der Waals surface area contributed by atoms with Crippen LogP contribution in [0.3, 0.4) is 0 Å². The van der Waals surface area contributed by atoms with Crippen molar-refractivity contribution in [2.24, 2.45) is 5.41 Å². The first kappa shape index (κ1) is 22.8. The van der Waals surface area contributed by atoms with E-state index in [1.54, 1.807) is 14.2 Å². The van der Waals surface area contributed by atoms with Crippen LogP contribution in [0.4, 0.5) is 0 Å². The number of methoxy groups -OCH3 is 2. The summed E-state index contributed by atoms with van der Waals surface area (Å²) >= 11 is 0. The minimum absolute atomic E-state index is 0. The quantitative estimate of drug-likeness (QED) is 0.686. The first-order valence-corrected chi connectivity index (χ1v) is 9.98. The van der Waals surface area contributed by atoms with Crippen LogP contribution in [0, 0.1) is 5.41 Å². The number of halogens is 1. The van der Waals surface area contributed by atoms with Gasteiger partial charge in [0.1, 0.15) is 0 Å². The standard InChI is InChI=1S/C21H32N2O4.ClH/c1-25-15-21(9-11-22-12-10-21)20(24)23-14-16-7-8-18(26-2)19(13-16)27-17-5-3-4-6-17;/h7-8,13,17,22H,3-6,9-12,14-15H2,1-2H3,(H,23,24);1H. The number of hydrogen-bond acceptors (Lipinski definition) is 5. The minimum Gasteiger partial charge on any atom is -0.493 e. The third-order valence-electron chi connectivity index (χ3n) is 5.74. The van der Waals surface area contributed by atoms with Gasteiger partial charge >= 0.3 is 0 Å². The van der Waals surface area contributed by atoms with Gasteiger partial charge in [-0.2, -0.15) is 0 Å². The Morgan fingerprint density at radius 2 is 1.89 bits per heavy atom. The highest BCUT2D eigenvalue weighted by Gasteiger charge is 2.39. The average molecular weight is 413 g/mol. The molecule has 0 aromatic heterocycles. The molecule has 0 unspecified atom stereocenters. The number of carbonyl (C=O) groups excluding carboxylic acids is 1. The average Bonchev–Trinajstić information content (AvgIpc) is 3.20. The molecule has 1 aliphatic heterocycles. The molecule has 0 spiro atoms. The van der Waals surface area contributed by atoms with Gasteiger partial charge in [-0.1, -0.05) is 6.07 Å². The summed E-state index contributed by atoms with van der Waals surface area (Å²) in [6.45, 7) is 2.62. The Balaban J connectivity index is 0.00000280. The number of hydrogen-bond donors (Lipinski definition) is 2. The van der Waals surface area contributed by atoms with Gasteiger partial charge in [0, 0.05) is 13.7 Å². The third-order valence-corrected chi connectivity index (χ3v) is 5.74. The highest BCUT2D eigenvalue weighted by molar-refractivity contribution is 5.85. The van der Waals surface area contributed by atoms with Gasteiger partial charge in [0.2, 0.25) is 5.91 Å². The number of benzene rings is 1. The maximum absolute atomic E-state index is 12.9. The van der Waals surface area contributed by atoms with Gasteiger partial charge in [-0.05, 0) is 69.3 Å². The Morgan fingerprint density at radius 1 is 1.18 bits per heavy atom. The lowest BCUT2D eigenvalue weighted by Gasteiger charge is -2.35. The van der Waals surface area contributed by atoms with E-state index in [2.05, 4.69) is 10.6 Å². The summed E-state index contributed by atoms with van der Waals surface area (Å²) in [6, 6.07) is 5.89. The van der Waals surface area contributed by atoms with Gasteiger partial charge in [0.15, 0.2) is 11.5 Å². The fourth-order valence-corrected chi connectivity index (χ4v) is 4.10. The van der Waals surface area contributed by atoms with Gasteiger partial charge < -0.3 is 24.8 Å². The van der Waals surface area contributed by atoms with Crippen LogP contribution in [0.1, 0.15) is 44.1 Å². The van der Waals surface area contributed by atoms with Gasteiger partial charge in [-0.25, -0.2) is 0 Å². The molecule has 6 nitrogen and oxygen atoms in total. The van der Waals surface area contributed by atoms with E-state index in [9.17, 15) is 4.79 Å². The van der Waals surface area contributed by atoms with Crippen LogP contribution in [-0.4, -0.2) is 45.9 Å². The van der Waals surface area contributed by atoms with E-state index in [1.165, 1.54) is 12.8 Å². The molecule has 28 heavy (non-hydrogen) atoms. The SMILES string of the molecule is COCC1(C(=O)NCc2ccc(OC)c(OC3CCCC3)c2)CCNCC1.Cl. The van der Waals surface area contributed by atoms with Crippen LogP contribution >= 0.6 is 12.4 Å². The number of rotatable bonds is 8. The van der Waals surface area contributed by atoms with Crippen molar-refractivity contribution in [3.05, 3.63) is 23.8 Å². The molecule has 1 heterocycles. The van der Waals surface area contributed by atoms with E-state index in [0.29, 0.717) is 13.2 Å². The minimum atomic E-state index is -0.435. The van der Waals surface area contributed by atoms with Gasteiger partial charge in [0.25, 0.3) is 0 Å². The third kappa shape index (κ3) is 5.52. The number of ether oxygens (including phenoxy) is 3. The van der Waals surface area contributed by atoms with Crippen LogP contribution in [-0.2, 0) is 16.1 Å². The molecule has 7 heteroatoms. The number of carbonyl (C=O) groups is 1. The zero-order valence-electron chi connectivity index (χ0n) is 16.9. The molecule has 0 atom stereocenters. The molecule has 0 radical (unpaired) electrons. The van der Waals surface area contributed by atoms with E-state index < -0.39 is 5.41 Å². The van der Waals surface area contributed by atoms with E-state index in [-0.39, 0.29) is 24.4 Å². The van der Waals surface area contributed by atoms with Gasteiger partial charge in [0.05, 0.1) is 25.2 Å². The Hall–Kier alpha value is -1.50. The van der Waals surface area contributed by atoms with E-state index in [0.717, 1.165) is 55.8 Å². The molecule has 2 fully saturated rings. The van der Waals surface area contributed by atoms with E-state index in [1.807, 2.05) is 18.2 Å². The van der Waals surface area contributed by atoms with E-state index >= 15 is 0 Å². The Labute approximate surface area is 174 Å². The smallest absolute Gasteiger partial charge is 0.228 e. The van der Waals surface area contributed by atoms with Crippen LogP contribution < -0.4 is 20.1 Å². The van der Waals surface area contributed by atoms with Crippen molar-refractivity contribution in [1.82, 2.24) is 10.6 Å². The molecule has 1 aromatic rings. The summed E-state index contributed by atoms with van der Waals surface area (Å²) < 4.78 is 17.0. The molecular formula is C21H33ClN2O4. The molecule has 2 N–H and O–H groups in total. The number of nitrogens with one attached hydrogen (secondary N) is 2. The van der Waals surface area contributed by atoms with Crippen molar-refractivity contribution in [2.75, 3.05) is 33.9 Å². The second-order valence-corrected chi connectivity index (χ2v) is 7.66. The lowest BCUT2D eigenvalue weighted by Crippen LogP contribution is -2.49. The molecule has 1 aromatic carbocycles. The summed E-state index contributed by atoms with van der Waals surface area (Å²) in [6.07, 6.45) is 6.49. The van der Waals surface area contributed by atoms with Crippen LogP contribution in [0.5, 0.6) is 11.5 Å². The molecule has 0 bridgehead atoms. The van der Waals surface area contributed by atoms with Crippen LogP contribution in [0.15, 0.2) is 18.2 Å².